The Balaban J connectivity index is 1.99. The van der Waals surface area contributed by atoms with Crippen molar-refractivity contribution in [1.82, 2.24) is 5.43 Å². The largest absolute Gasteiger partial charge is 0.481 e. The van der Waals surface area contributed by atoms with E-state index in [1.54, 1.807) is 0 Å². The number of carbonyl (C=O) groups is 2. The number of carbonyl (C=O) groups excluding carboxylic acids is 1. The van der Waals surface area contributed by atoms with Gasteiger partial charge >= 0.3 is 5.97 Å². The minimum absolute atomic E-state index is 0.0625. The highest BCUT2D eigenvalue weighted by Crippen LogP contribution is 2.13. The third-order valence-corrected chi connectivity index (χ3v) is 3.82. The molecule has 130 valence electrons. The second-order valence-electron chi connectivity index (χ2n) is 5.21. The molecule has 0 aliphatic heterocycles. The van der Waals surface area contributed by atoms with Gasteiger partial charge in [-0.3, -0.25) is 9.59 Å². The molecule has 0 saturated heterocycles. The van der Waals surface area contributed by atoms with Crippen LogP contribution in [0.1, 0.15) is 18.4 Å². The van der Waals surface area contributed by atoms with Gasteiger partial charge in [0.2, 0.25) is 0 Å². The van der Waals surface area contributed by atoms with Crippen LogP contribution < -0.4 is 10.7 Å². The Morgan fingerprint density at radius 1 is 1.00 bits per heavy atom. The smallest absolute Gasteiger partial charge is 0.303 e. The molecule has 0 atom stereocenters. The van der Waals surface area contributed by atoms with E-state index in [-0.39, 0.29) is 25.3 Å². The number of rotatable bonds is 8. The molecule has 0 radical (unpaired) electrons. The number of nitrogens with zero attached hydrogens (tertiary/aromatic N) is 1. The normalized spacial score (nSPS) is 11.0. The Morgan fingerprint density at radius 2 is 1.68 bits per heavy atom. The zero-order valence-electron chi connectivity index (χ0n) is 13.4. The van der Waals surface area contributed by atoms with Crippen LogP contribution in [0.3, 0.4) is 0 Å². The number of benzene rings is 2. The molecule has 0 aliphatic carbocycles. The number of aliphatic carboxylic acids is 1. The molecule has 7 heteroatoms. The molecule has 0 aromatic heterocycles. The van der Waals surface area contributed by atoms with Gasteiger partial charge in [0.05, 0.1) is 18.7 Å². The van der Waals surface area contributed by atoms with Crippen LogP contribution >= 0.6 is 15.9 Å². The minimum atomic E-state index is -0.915. The molecule has 0 fully saturated rings. The highest BCUT2D eigenvalue weighted by molar-refractivity contribution is 9.10. The second kappa shape index (κ2) is 9.58. The van der Waals surface area contributed by atoms with Gasteiger partial charge in [-0.05, 0) is 29.8 Å². The fourth-order valence-electron chi connectivity index (χ4n) is 2.04. The molecule has 1 amide bonds. The van der Waals surface area contributed by atoms with Crippen molar-refractivity contribution < 1.29 is 14.7 Å². The van der Waals surface area contributed by atoms with Crippen molar-refractivity contribution in [3.63, 3.8) is 0 Å². The summed E-state index contributed by atoms with van der Waals surface area (Å²) in [4.78, 5) is 22.8. The van der Waals surface area contributed by atoms with Crippen LogP contribution in [0, 0.1) is 0 Å². The van der Waals surface area contributed by atoms with Gasteiger partial charge in [-0.1, -0.05) is 46.3 Å². The van der Waals surface area contributed by atoms with Gasteiger partial charge < -0.3 is 10.4 Å². The Kier molecular flexibility index (Phi) is 7.16. The van der Waals surface area contributed by atoms with Crippen LogP contribution in [0.15, 0.2) is 64.2 Å². The van der Waals surface area contributed by atoms with Crippen LogP contribution in [-0.4, -0.2) is 29.2 Å². The molecule has 0 bridgehead atoms. The van der Waals surface area contributed by atoms with Crippen molar-refractivity contribution >= 4 is 39.2 Å². The maximum absolute atomic E-state index is 11.9. The molecule has 0 aliphatic rings. The Bertz CT molecular complexity index is 746. The lowest BCUT2D eigenvalue weighted by molar-refractivity contribution is -0.136. The Morgan fingerprint density at radius 3 is 2.32 bits per heavy atom. The molecule has 2 rings (SSSR count). The average molecular weight is 404 g/mol. The van der Waals surface area contributed by atoms with Gasteiger partial charge in [0, 0.05) is 16.6 Å². The fraction of sp³-hybridized carbons (Fsp3) is 0.167. The molecule has 25 heavy (non-hydrogen) atoms. The molecule has 6 nitrogen and oxygen atoms in total. The number of carboxylic acids is 1. The predicted octanol–water partition coefficient (Wildman–Crippen LogP) is 3.25. The molecular weight excluding hydrogens is 386 g/mol. The molecular formula is C18H18BrN3O3. The lowest BCUT2D eigenvalue weighted by atomic mass is 10.1. The molecule has 2 aromatic carbocycles. The molecule has 0 unspecified atom stereocenters. The van der Waals surface area contributed by atoms with Crippen molar-refractivity contribution in [3.8, 4) is 0 Å². The second-order valence-corrected chi connectivity index (χ2v) is 6.13. The van der Waals surface area contributed by atoms with Crippen LogP contribution in [0.4, 0.5) is 5.69 Å². The Hall–Kier alpha value is -2.67. The highest BCUT2D eigenvalue weighted by atomic mass is 79.9. The van der Waals surface area contributed by atoms with E-state index in [1.165, 1.54) is 0 Å². The number of halogens is 1. The third kappa shape index (κ3) is 6.76. The fourth-order valence-corrected chi connectivity index (χ4v) is 2.30. The molecule has 0 spiro atoms. The maximum Gasteiger partial charge on any atom is 0.303 e. The summed E-state index contributed by atoms with van der Waals surface area (Å²) in [6, 6.07) is 16.7. The van der Waals surface area contributed by atoms with Crippen LogP contribution in [0.5, 0.6) is 0 Å². The van der Waals surface area contributed by atoms with Crippen LogP contribution in [0.25, 0.3) is 0 Å². The number of para-hydroxylation sites is 1. The van der Waals surface area contributed by atoms with Gasteiger partial charge in [0.25, 0.3) is 5.91 Å². The summed E-state index contributed by atoms with van der Waals surface area (Å²) >= 11 is 3.35. The van der Waals surface area contributed by atoms with E-state index in [4.69, 9.17) is 5.11 Å². The standard InChI is InChI=1S/C18H18BrN3O3/c19-14-8-6-13(7-9-14)16(10-11-18(24)25)21-22-17(23)12-20-15-4-2-1-3-5-15/h1-9,20H,10-12H2,(H,22,23)(H,24,25)/b21-16-. The van der Waals surface area contributed by atoms with E-state index in [1.807, 2.05) is 54.6 Å². The SMILES string of the molecule is O=C(O)CC/C(=N/NC(=O)CNc1ccccc1)c1ccc(Br)cc1. The summed E-state index contributed by atoms with van der Waals surface area (Å²) in [5.74, 6) is -1.23. The quantitative estimate of drug-likeness (QED) is 0.466. The molecule has 0 saturated carbocycles. The van der Waals surface area contributed by atoms with E-state index in [2.05, 4.69) is 31.8 Å². The lowest BCUT2D eigenvalue weighted by Crippen LogP contribution is -2.27. The van der Waals surface area contributed by atoms with E-state index >= 15 is 0 Å². The first-order chi connectivity index (χ1) is 12.0. The number of hydrogen-bond donors (Lipinski definition) is 3. The van der Waals surface area contributed by atoms with E-state index in [0.29, 0.717) is 5.71 Å². The molecule has 2 aromatic rings. The first kappa shape index (κ1) is 18.7. The van der Waals surface area contributed by atoms with Crippen LogP contribution in [0.2, 0.25) is 0 Å². The van der Waals surface area contributed by atoms with Crippen molar-refractivity contribution in [2.24, 2.45) is 5.10 Å². The zero-order chi connectivity index (χ0) is 18.1. The van der Waals surface area contributed by atoms with Crippen molar-refractivity contribution in [2.45, 2.75) is 12.8 Å². The van der Waals surface area contributed by atoms with Gasteiger partial charge in [-0.15, -0.1) is 0 Å². The first-order valence-corrected chi connectivity index (χ1v) is 8.46. The first-order valence-electron chi connectivity index (χ1n) is 7.66. The predicted molar refractivity (Wildman–Crippen MR) is 101 cm³/mol. The number of anilines is 1. The molecule has 0 heterocycles. The number of nitrogens with one attached hydrogen (secondary N) is 2. The highest BCUT2D eigenvalue weighted by Gasteiger charge is 2.08. The summed E-state index contributed by atoms with van der Waals surface area (Å²) in [7, 11) is 0. The maximum atomic E-state index is 11.9. The van der Waals surface area contributed by atoms with Crippen molar-refractivity contribution in [1.29, 1.82) is 0 Å². The Labute approximate surface area is 154 Å². The summed E-state index contributed by atoms with van der Waals surface area (Å²) < 4.78 is 0.907. The third-order valence-electron chi connectivity index (χ3n) is 3.30. The topological polar surface area (TPSA) is 90.8 Å². The summed E-state index contributed by atoms with van der Waals surface area (Å²) in [6.07, 6.45) is 0.163. The number of hydrogen-bond acceptors (Lipinski definition) is 4. The number of hydrazone groups is 1. The zero-order valence-corrected chi connectivity index (χ0v) is 15.0. The van der Waals surface area contributed by atoms with E-state index in [9.17, 15) is 9.59 Å². The van der Waals surface area contributed by atoms with Gasteiger partial charge in [-0.2, -0.15) is 5.10 Å². The molecule has 3 N–H and O–H groups in total. The lowest BCUT2D eigenvalue weighted by Gasteiger charge is -2.08. The summed E-state index contributed by atoms with van der Waals surface area (Å²) in [5, 5.41) is 16.0. The van der Waals surface area contributed by atoms with Gasteiger partial charge in [0.1, 0.15) is 0 Å². The summed E-state index contributed by atoms with van der Waals surface area (Å²) in [6.45, 7) is 0.0695. The van der Waals surface area contributed by atoms with Gasteiger partial charge in [-0.25, -0.2) is 5.43 Å². The average Bonchev–Trinajstić information content (AvgIpc) is 2.61. The van der Waals surface area contributed by atoms with E-state index in [0.717, 1.165) is 15.7 Å². The van der Waals surface area contributed by atoms with E-state index < -0.39 is 5.97 Å². The van der Waals surface area contributed by atoms with Crippen molar-refractivity contribution in [2.75, 3.05) is 11.9 Å². The van der Waals surface area contributed by atoms with Gasteiger partial charge in [0.15, 0.2) is 0 Å². The van der Waals surface area contributed by atoms with Crippen LogP contribution in [-0.2, 0) is 9.59 Å². The number of amides is 1. The number of carboxylic acid groups (broad SMARTS) is 1. The monoisotopic (exact) mass is 403 g/mol. The summed E-state index contributed by atoms with van der Waals surface area (Å²) in [5.41, 5.74) is 4.59. The van der Waals surface area contributed by atoms with Crippen molar-refractivity contribution in [3.05, 3.63) is 64.6 Å². The minimum Gasteiger partial charge on any atom is -0.481 e.